The maximum absolute atomic E-state index is 11.7. The third-order valence-corrected chi connectivity index (χ3v) is 3.93. The summed E-state index contributed by atoms with van der Waals surface area (Å²) in [5, 5.41) is 5.78. The van der Waals surface area contributed by atoms with Crippen LogP contribution in [0.2, 0.25) is 0 Å². The second-order valence-electron chi connectivity index (χ2n) is 3.99. The van der Waals surface area contributed by atoms with Crippen molar-refractivity contribution in [3.05, 3.63) is 22.4 Å². The predicted molar refractivity (Wildman–Crippen MR) is 70.3 cm³/mol. The van der Waals surface area contributed by atoms with Crippen molar-refractivity contribution in [2.24, 2.45) is 0 Å². The van der Waals surface area contributed by atoms with Gasteiger partial charge in [-0.05, 0) is 22.4 Å². The van der Waals surface area contributed by atoms with E-state index in [-0.39, 0.29) is 18.2 Å². The summed E-state index contributed by atoms with van der Waals surface area (Å²) in [6.45, 7) is 1.30. The van der Waals surface area contributed by atoms with Gasteiger partial charge in [-0.3, -0.25) is 19.3 Å². The largest absolute Gasteiger partial charge is 0.341 e. The zero-order valence-corrected chi connectivity index (χ0v) is 11.3. The third kappa shape index (κ3) is 2.41. The number of carbonyl (C=O) groups is 3. The average molecular weight is 284 g/mol. The van der Waals surface area contributed by atoms with Gasteiger partial charge in [0.05, 0.1) is 6.42 Å². The summed E-state index contributed by atoms with van der Waals surface area (Å²) in [5.74, 6) is -1.00. The van der Waals surface area contributed by atoms with E-state index in [0.29, 0.717) is 0 Å². The van der Waals surface area contributed by atoms with E-state index in [2.05, 4.69) is 17.9 Å². The first-order valence-corrected chi connectivity index (χ1v) is 6.79. The minimum atomic E-state index is -0.705. The van der Waals surface area contributed by atoms with Crippen molar-refractivity contribution >= 4 is 41.7 Å². The molecule has 2 rings (SSSR count). The van der Waals surface area contributed by atoms with Crippen molar-refractivity contribution in [2.75, 3.05) is 0 Å². The minimum Gasteiger partial charge on any atom is -0.341 e. The molecule has 2 heterocycles. The summed E-state index contributed by atoms with van der Waals surface area (Å²) < 4.78 is 0. The Morgan fingerprint density at radius 2 is 2.28 bits per heavy atom. The van der Waals surface area contributed by atoms with Crippen LogP contribution in [0.1, 0.15) is 12.5 Å². The van der Waals surface area contributed by atoms with Crippen LogP contribution in [0.15, 0.2) is 16.8 Å². The number of likely N-dealkylation sites (tertiary alicyclic amines) is 1. The lowest BCUT2D eigenvalue weighted by atomic mass is 10.1. The topological polar surface area (TPSA) is 66.5 Å². The molecular weight excluding hydrogens is 272 g/mol. The van der Waals surface area contributed by atoms with E-state index in [9.17, 15) is 14.4 Å². The van der Waals surface area contributed by atoms with E-state index in [0.717, 1.165) is 10.5 Å². The molecule has 96 valence electrons. The number of hydrogen-bond donors (Lipinski definition) is 2. The van der Waals surface area contributed by atoms with Gasteiger partial charge in [0.2, 0.25) is 11.8 Å². The summed E-state index contributed by atoms with van der Waals surface area (Å²) in [5.41, 5.74) is 0.906. The molecule has 0 saturated carbocycles. The van der Waals surface area contributed by atoms with Gasteiger partial charge in [-0.25, -0.2) is 0 Å². The van der Waals surface area contributed by atoms with Crippen molar-refractivity contribution < 1.29 is 14.4 Å². The lowest BCUT2D eigenvalue weighted by Gasteiger charge is -2.42. The zero-order valence-electron chi connectivity index (χ0n) is 9.62. The molecule has 0 aromatic carbocycles. The molecule has 2 atom stereocenters. The van der Waals surface area contributed by atoms with Crippen LogP contribution in [0.3, 0.4) is 0 Å². The molecule has 1 saturated heterocycles. The fourth-order valence-electron chi connectivity index (χ4n) is 1.76. The number of β-lactam (4-membered cyclic amide) rings is 1. The highest BCUT2D eigenvalue weighted by Crippen LogP contribution is 2.23. The number of imide groups is 1. The van der Waals surface area contributed by atoms with Crippen molar-refractivity contribution in [1.29, 1.82) is 0 Å². The van der Waals surface area contributed by atoms with Gasteiger partial charge in [0.1, 0.15) is 11.4 Å². The van der Waals surface area contributed by atoms with Crippen molar-refractivity contribution in [1.82, 2.24) is 10.2 Å². The fraction of sp³-hybridized carbons (Fsp3) is 0.364. The molecule has 5 nitrogen and oxygen atoms in total. The van der Waals surface area contributed by atoms with E-state index < -0.39 is 17.3 Å². The number of nitrogens with zero attached hydrogens (tertiary/aromatic N) is 1. The van der Waals surface area contributed by atoms with E-state index >= 15 is 0 Å². The van der Waals surface area contributed by atoms with Gasteiger partial charge in [-0.2, -0.15) is 24.0 Å². The number of thiol groups is 1. The van der Waals surface area contributed by atoms with Crippen LogP contribution in [-0.4, -0.2) is 34.0 Å². The number of nitrogens with one attached hydrogen (secondary N) is 1. The molecule has 0 aliphatic carbocycles. The molecule has 1 aliphatic rings. The van der Waals surface area contributed by atoms with Gasteiger partial charge < -0.3 is 5.32 Å². The summed E-state index contributed by atoms with van der Waals surface area (Å²) in [6.07, 6.45) is 0.230. The van der Waals surface area contributed by atoms with E-state index in [4.69, 9.17) is 0 Å². The summed E-state index contributed by atoms with van der Waals surface area (Å²) in [4.78, 5) is 35.4. The molecule has 1 aromatic heterocycles. The monoisotopic (exact) mass is 284 g/mol. The standard InChI is InChI=1S/C11H12N2O3S2/c1-6(14)13-10(16)9(11(13)17)12-8(15)4-7-2-3-18-5-7/h2-3,5,9,11,17H,4H2,1H3,(H,12,15). The van der Waals surface area contributed by atoms with Gasteiger partial charge >= 0.3 is 0 Å². The number of rotatable bonds is 3. The smallest absolute Gasteiger partial charge is 0.255 e. The number of hydrogen-bond acceptors (Lipinski definition) is 5. The first-order chi connectivity index (χ1) is 8.50. The van der Waals surface area contributed by atoms with E-state index in [1.807, 2.05) is 16.8 Å². The predicted octanol–water partition coefficient (Wildman–Crippen LogP) is 0.420. The fourth-order valence-corrected chi connectivity index (χ4v) is 2.90. The molecule has 3 amide bonds. The SMILES string of the molecule is CC(=O)N1C(=O)C(NC(=O)Cc2ccsc2)C1S. The number of thiophene rings is 1. The Morgan fingerprint density at radius 1 is 1.56 bits per heavy atom. The molecule has 1 aliphatic heterocycles. The van der Waals surface area contributed by atoms with Crippen LogP contribution in [0.4, 0.5) is 0 Å². The van der Waals surface area contributed by atoms with Crippen LogP contribution >= 0.6 is 24.0 Å². The van der Waals surface area contributed by atoms with E-state index in [1.165, 1.54) is 18.3 Å². The number of amides is 3. The summed E-state index contributed by atoms with van der Waals surface area (Å²) in [6, 6.07) is 1.15. The number of carbonyl (C=O) groups excluding carboxylic acids is 3. The van der Waals surface area contributed by atoms with Gasteiger partial charge in [0, 0.05) is 6.92 Å². The molecule has 0 spiro atoms. The average Bonchev–Trinajstić information content (AvgIpc) is 2.78. The molecule has 7 heteroatoms. The Bertz CT molecular complexity index is 486. The van der Waals surface area contributed by atoms with Gasteiger partial charge in [-0.1, -0.05) is 0 Å². The quantitative estimate of drug-likeness (QED) is 0.624. The molecule has 0 radical (unpaired) electrons. The lowest BCUT2D eigenvalue weighted by Crippen LogP contribution is -2.69. The lowest BCUT2D eigenvalue weighted by molar-refractivity contribution is -0.157. The Morgan fingerprint density at radius 3 is 2.78 bits per heavy atom. The van der Waals surface area contributed by atoms with Gasteiger partial charge in [0.25, 0.3) is 5.91 Å². The Labute approximate surface area is 114 Å². The molecule has 2 unspecified atom stereocenters. The van der Waals surface area contributed by atoms with Crippen LogP contribution < -0.4 is 5.32 Å². The molecule has 1 aromatic rings. The van der Waals surface area contributed by atoms with Crippen LogP contribution in [-0.2, 0) is 20.8 Å². The molecular formula is C11H12N2O3S2. The van der Waals surface area contributed by atoms with Gasteiger partial charge in [-0.15, -0.1) is 0 Å². The molecule has 0 bridgehead atoms. The van der Waals surface area contributed by atoms with Crippen molar-refractivity contribution in [3.63, 3.8) is 0 Å². The maximum atomic E-state index is 11.7. The van der Waals surface area contributed by atoms with Gasteiger partial charge in [0.15, 0.2) is 0 Å². The zero-order chi connectivity index (χ0) is 13.3. The third-order valence-electron chi connectivity index (χ3n) is 2.67. The highest BCUT2D eigenvalue weighted by molar-refractivity contribution is 7.81. The first-order valence-electron chi connectivity index (χ1n) is 5.33. The Hall–Kier alpha value is -1.34. The van der Waals surface area contributed by atoms with Crippen LogP contribution in [0, 0.1) is 0 Å². The van der Waals surface area contributed by atoms with Crippen LogP contribution in [0.5, 0.6) is 0 Å². The second-order valence-corrected chi connectivity index (χ2v) is 5.30. The van der Waals surface area contributed by atoms with Crippen molar-refractivity contribution in [3.8, 4) is 0 Å². The van der Waals surface area contributed by atoms with Crippen molar-refractivity contribution in [2.45, 2.75) is 24.8 Å². The highest BCUT2D eigenvalue weighted by atomic mass is 32.1. The van der Waals surface area contributed by atoms with E-state index in [1.54, 1.807) is 0 Å². The minimum absolute atomic E-state index is 0.230. The first kappa shape index (κ1) is 13.1. The maximum Gasteiger partial charge on any atom is 0.255 e. The normalized spacial score (nSPS) is 22.6. The Kier molecular flexibility index (Phi) is 3.72. The van der Waals surface area contributed by atoms with Crippen LogP contribution in [0.25, 0.3) is 0 Å². The molecule has 1 N–H and O–H groups in total. The Balaban J connectivity index is 1.90. The summed E-state index contributed by atoms with van der Waals surface area (Å²) in [7, 11) is 0. The summed E-state index contributed by atoms with van der Waals surface area (Å²) >= 11 is 5.64. The highest BCUT2D eigenvalue weighted by Gasteiger charge is 2.48. The molecule has 1 fully saturated rings. The molecule has 18 heavy (non-hydrogen) atoms. The second kappa shape index (κ2) is 5.11.